The van der Waals surface area contributed by atoms with Crippen molar-refractivity contribution < 1.29 is 13.6 Å². The molecule has 0 spiro atoms. The van der Waals surface area contributed by atoms with Crippen LogP contribution in [-0.2, 0) is 16.6 Å². The summed E-state index contributed by atoms with van der Waals surface area (Å²) < 4.78 is 26.9. The van der Waals surface area contributed by atoms with Crippen LogP contribution in [0.15, 0.2) is 42.7 Å². The average Bonchev–Trinajstić information content (AvgIpc) is 2.39. The third-order valence-electron chi connectivity index (χ3n) is 3.27. The van der Waals surface area contributed by atoms with Gasteiger partial charge >= 0.3 is 0 Å². The highest BCUT2D eigenvalue weighted by atomic mass is 35.5. The van der Waals surface area contributed by atoms with Gasteiger partial charge in [0, 0.05) is 24.0 Å². The number of benzene rings is 1. The van der Waals surface area contributed by atoms with Gasteiger partial charge < -0.3 is 0 Å². The molecule has 0 N–H and O–H groups in total. The molecule has 1 unspecified atom stereocenters. The topological polar surface area (TPSA) is 30.0 Å². The molecular formula is C15H12ClF2NO. The standard InChI is InChI=1S/C15H12ClF2NO/c1-15(14(16)20,9-10-4-6-19-7-5-10)12-3-2-11(17)8-13(12)18/h2-8H,9H2,1H3. The molecule has 2 nitrogen and oxygen atoms in total. The Bertz CT molecular complexity index is 633. The second-order valence-electron chi connectivity index (χ2n) is 4.76. The summed E-state index contributed by atoms with van der Waals surface area (Å²) in [6.07, 6.45) is 3.37. The Hall–Kier alpha value is -1.81. The molecule has 1 atom stereocenters. The van der Waals surface area contributed by atoms with Crippen molar-refractivity contribution >= 4 is 16.8 Å². The van der Waals surface area contributed by atoms with E-state index in [1.54, 1.807) is 31.5 Å². The molecule has 20 heavy (non-hydrogen) atoms. The molecule has 0 aliphatic rings. The molecule has 0 fully saturated rings. The van der Waals surface area contributed by atoms with Gasteiger partial charge in [0.1, 0.15) is 11.6 Å². The number of nitrogens with zero attached hydrogens (tertiary/aromatic N) is 1. The van der Waals surface area contributed by atoms with E-state index in [0.717, 1.165) is 17.7 Å². The van der Waals surface area contributed by atoms with Gasteiger partial charge in [-0.3, -0.25) is 9.78 Å². The molecular weight excluding hydrogens is 284 g/mol. The third kappa shape index (κ3) is 2.85. The molecule has 0 saturated heterocycles. The van der Waals surface area contributed by atoms with Crippen molar-refractivity contribution in [3.8, 4) is 0 Å². The Kier molecular flexibility index (Phi) is 4.14. The molecule has 1 aromatic heterocycles. The number of carbonyl (C=O) groups is 1. The number of hydrogen-bond donors (Lipinski definition) is 0. The van der Waals surface area contributed by atoms with Crippen LogP contribution in [-0.4, -0.2) is 10.2 Å². The number of pyridine rings is 1. The summed E-state index contributed by atoms with van der Waals surface area (Å²) in [4.78, 5) is 15.7. The van der Waals surface area contributed by atoms with E-state index >= 15 is 0 Å². The minimum atomic E-state index is -1.26. The number of rotatable bonds is 4. The number of carbonyl (C=O) groups excluding carboxylic acids is 1. The van der Waals surface area contributed by atoms with Gasteiger partial charge in [-0.25, -0.2) is 8.78 Å². The van der Waals surface area contributed by atoms with Crippen molar-refractivity contribution in [2.45, 2.75) is 18.8 Å². The normalized spacial score (nSPS) is 13.8. The highest BCUT2D eigenvalue weighted by Crippen LogP contribution is 2.32. The minimum absolute atomic E-state index is 0.0794. The first kappa shape index (κ1) is 14.6. The van der Waals surface area contributed by atoms with Gasteiger partial charge in [-0.1, -0.05) is 6.07 Å². The lowest BCUT2D eigenvalue weighted by Crippen LogP contribution is -2.33. The van der Waals surface area contributed by atoms with E-state index in [0.29, 0.717) is 0 Å². The summed E-state index contributed by atoms with van der Waals surface area (Å²) in [7, 11) is 0. The number of halogens is 3. The summed E-state index contributed by atoms with van der Waals surface area (Å²) in [5.74, 6) is -1.48. The molecule has 0 bridgehead atoms. The highest BCUT2D eigenvalue weighted by molar-refractivity contribution is 6.65. The van der Waals surface area contributed by atoms with E-state index in [9.17, 15) is 13.6 Å². The van der Waals surface area contributed by atoms with Crippen LogP contribution in [0.2, 0.25) is 0 Å². The lowest BCUT2D eigenvalue weighted by atomic mass is 9.78. The smallest absolute Gasteiger partial charge is 0.232 e. The average molecular weight is 296 g/mol. The first-order chi connectivity index (χ1) is 9.43. The van der Waals surface area contributed by atoms with Gasteiger partial charge in [-0.05, 0) is 48.7 Å². The molecule has 0 amide bonds. The Labute approximate surface area is 120 Å². The van der Waals surface area contributed by atoms with E-state index < -0.39 is 22.3 Å². The van der Waals surface area contributed by atoms with Crippen LogP contribution in [0.25, 0.3) is 0 Å². The summed E-state index contributed by atoms with van der Waals surface area (Å²) >= 11 is 5.67. The maximum Gasteiger partial charge on any atom is 0.232 e. The molecule has 2 aromatic rings. The van der Waals surface area contributed by atoms with E-state index in [2.05, 4.69) is 4.98 Å². The zero-order valence-electron chi connectivity index (χ0n) is 10.7. The molecule has 104 valence electrons. The second-order valence-corrected chi connectivity index (χ2v) is 5.11. The Balaban J connectivity index is 2.47. The van der Waals surface area contributed by atoms with Crippen molar-refractivity contribution in [2.24, 2.45) is 0 Å². The first-order valence-corrected chi connectivity index (χ1v) is 6.35. The fourth-order valence-corrected chi connectivity index (χ4v) is 2.29. The minimum Gasteiger partial charge on any atom is -0.280 e. The zero-order valence-corrected chi connectivity index (χ0v) is 11.5. The molecule has 1 heterocycles. The van der Waals surface area contributed by atoms with Gasteiger partial charge in [0.05, 0.1) is 5.41 Å². The van der Waals surface area contributed by atoms with Crippen molar-refractivity contribution in [1.29, 1.82) is 0 Å². The maximum absolute atomic E-state index is 13.9. The summed E-state index contributed by atoms with van der Waals surface area (Å²) in [5.41, 5.74) is -0.392. The third-order valence-corrected chi connectivity index (χ3v) is 3.68. The molecule has 1 aromatic carbocycles. The van der Waals surface area contributed by atoms with Crippen LogP contribution in [0.1, 0.15) is 18.1 Å². The predicted octanol–water partition coefficient (Wildman–Crippen LogP) is 3.63. The van der Waals surface area contributed by atoms with Gasteiger partial charge in [0.25, 0.3) is 0 Å². The second kappa shape index (κ2) is 5.67. The van der Waals surface area contributed by atoms with Crippen LogP contribution in [0.3, 0.4) is 0 Å². The van der Waals surface area contributed by atoms with Crippen LogP contribution >= 0.6 is 11.6 Å². The van der Waals surface area contributed by atoms with E-state index in [-0.39, 0.29) is 12.0 Å². The van der Waals surface area contributed by atoms with Crippen LogP contribution in [0.4, 0.5) is 8.78 Å². The molecule has 0 aliphatic carbocycles. The van der Waals surface area contributed by atoms with Crippen molar-refractivity contribution in [2.75, 3.05) is 0 Å². The zero-order chi connectivity index (χ0) is 14.8. The Morgan fingerprint density at radius 1 is 1.25 bits per heavy atom. The summed E-state index contributed by atoms with van der Waals surface area (Å²) in [5, 5.41) is -0.695. The van der Waals surface area contributed by atoms with Crippen LogP contribution in [0, 0.1) is 11.6 Å². The Morgan fingerprint density at radius 2 is 1.90 bits per heavy atom. The van der Waals surface area contributed by atoms with E-state index in [1.807, 2.05) is 0 Å². The van der Waals surface area contributed by atoms with Crippen molar-refractivity contribution in [1.82, 2.24) is 4.98 Å². The predicted molar refractivity (Wildman–Crippen MR) is 72.5 cm³/mol. The largest absolute Gasteiger partial charge is 0.280 e. The van der Waals surface area contributed by atoms with Crippen LogP contribution in [0.5, 0.6) is 0 Å². The highest BCUT2D eigenvalue weighted by Gasteiger charge is 2.36. The number of hydrogen-bond acceptors (Lipinski definition) is 2. The SMILES string of the molecule is CC(Cc1ccncc1)(C(=O)Cl)c1ccc(F)cc1F. The molecule has 0 aliphatic heterocycles. The van der Waals surface area contributed by atoms with E-state index in [4.69, 9.17) is 11.6 Å². The van der Waals surface area contributed by atoms with Crippen LogP contribution < -0.4 is 0 Å². The lowest BCUT2D eigenvalue weighted by Gasteiger charge is -2.26. The molecule has 2 rings (SSSR count). The molecule has 5 heteroatoms. The number of aromatic nitrogens is 1. The van der Waals surface area contributed by atoms with E-state index in [1.165, 1.54) is 6.07 Å². The quantitative estimate of drug-likeness (QED) is 0.806. The first-order valence-electron chi connectivity index (χ1n) is 5.98. The fraction of sp³-hybridized carbons (Fsp3) is 0.200. The maximum atomic E-state index is 13.9. The monoisotopic (exact) mass is 295 g/mol. The van der Waals surface area contributed by atoms with Gasteiger partial charge in [-0.2, -0.15) is 0 Å². The van der Waals surface area contributed by atoms with Crippen molar-refractivity contribution in [3.05, 3.63) is 65.5 Å². The van der Waals surface area contributed by atoms with Gasteiger partial charge in [0.15, 0.2) is 0 Å². The van der Waals surface area contributed by atoms with Gasteiger partial charge in [-0.15, -0.1) is 0 Å². The summed E-state index contributed by atoms with van der Waals surface area (Å²) in [6, 6.07) is 6.56. The molecule has 0 radical (unpaired) electrons. The Morgan fingerprint density at radius 3 is 2.45 bits per heavy atom. The van der Waals surface area contributed by atoms with Crippen molar-refractivity contribution in [3.63, 3.8) is 0 Å². The molecule has 0 saturated carbocycles. The van der Waals surface area contributed by atoms with Gasteiger partial charge in [0.2, 0.25) is 5.24 Å². The lowest BCUT2D eigenvalue weighted by molar-refractivity contribution is -0.116. The fourth-order valence-electron chi connectivity index (χ4n) is 2.12. The summed E-state index contributed by atoms with van der Waals surface area (Å²) in [6.45, 7) is 1.54.